The molecular formula is C19H30N2O2. The van der Waals surface area contributed by atoms with Gasteiger partial charge in [0, 0.05) is 18.7 Å². The Bertz CT molecular complexity index is 509. The summed E-state index contributed by atoms with van der Waals surface area (Å²) >= 11 is 0. The standard InChI is InChI=1S/C19H30N2O2/c1-6-12-21(13-7-2)17(22)14-20-18(23)15-8-10-16(11-9-15)19(3,4)5/h8-11H,6-7,12-14H2,1-5H3,(H,20,23). The molecule has 0 aliphatic carbocycles. The van der Waals surface area contributed by atoms with Crippen LogP contribution < -0.4 is 5.32 Å². The molecule has 1 aromatic carbocycles. The highest BCUT2D eigenvalue weighted by Crippen LogP contribution is 2.22. The number of carbonyl (C=O) groups is 2. The van der Waals surface area contributed by atoms with E-state index in [2.05, 4.69) is 26.1 Å². The lowest BCUT2D eigenvalue weighted by molar-refractivity contribution is -0.130. The van der Waals surface area contributed by atoms with E-state index in [0.29, 0.717) is 5.56 Å². The van der Waals surface area contributed by atoms with Gasteiger partial charge in [-0.15, -0.1) is 0 Å². The van der Waals surface area contributed by atoms with Crippen molar-refractivity contribution in [3.05, 3.63) is 35.4 Å². The van der Waals surface area contributed by atoms with Crippen molar-refractivity contribution in [2.24, 2.45) is 0 Å². The molecule has 0 aliphatic rings. The number of amides is 2. The molecule has 1 rings (SSSR count). The fraction of sp³-hybridized carbons (Fsp3) is 0.579. The van der Waals surface area contributed by atoms with Gasteiger partial charge in [-0.25, -0.2) is 0 Å². The number of nitrogens with zero attached hydrogens (tertiary/aromatic N) is 1. The highest BCUT2D eigenvalue weighted by Gasteiger charge is 2.16. The van der Waals surface area contributed by atoms with E-state index >= 15 is 0 Å². The van der Waals surface area contributed by atoms with Crippen molar-refractivity contribution < 1.29 is 9.59 Å². The maximum Gasteiger partial charge on any atom is 0.251 e. The van der Waals surface area contributed by atoms with E-state index in [4.69, 9.17) is 0 Å². The summed E-state index contributed by atoms with van der Waals surface area (Å²) in [6.45, 7) is 12.0. The van der Waals surface area contributed by atoms with Crippen molar-refractivity contribution in [1.82, 2.24) is 10.2 Å². The summed E-state index contributed by atoms with van der Waals surface area (Å²) in [4.78, 5) is 26.1. The molecule has 0 aliphatic heterocycles. The van der Waals surface area contributed by atoms with E-state index in [1.54, 1.807) is 0 Å². The number of benzene rings is 1. The number of rotatable bonds is 7. The van der Waals surface area contributed by atoms with Gasteiger partial charge in [0.05, 0.1) is 6.54 Å². The Kier molecular flexibility index (Phi) is 7.27. The smallest absolute Gasteiger partial charge is 0.251 e. The van der Waals surface area contributed by atoms with Gasteiger partial charge in [0.15, 0.2) is 0 Å². The van der Waals surface area contributed by atoms with Gasteiger partial charge in [0.25, 0.3) is 5.91 Å². The maximum atomic E-state index is 12.2. The molecule has 0 radical (unpaired) electrons. The van der Waals surface area contributed by atoms with Crippen LogP contribution in [0.3, 0.4) is 0 Å². The topological polar surface area (TPSA) is 49.4 Å². The molecule has 0 unspecified atom stereocenters. The Morgan fingerprint density at radius 2 is 1.52 bits per heavy atom. The van der Waals surface area contributed by atoms with Gasteiger partial charge in [-0.1, -0.05) is 46.8 Å². The summed E-state index contributed by atoms with van der Waals surface area (Å²) in [5, 5.41) is 2.72. The molecule has 23 heavy (non-hydrogen) atoms. The Labute approximate surface area is 140 Å². The molecule has 4 nitrogen and oxygen atoms in total. The van der Waals surface area contributed by atoms with Gasteiger partial charge in [-0.3, -0.25) is 9.59 Å². The molecule has 0 spiro atoms. The highest BCUT2D eigenvalue weighted by molar-refractivity contribution is 5.96. The molecule has 0 saturated carbocycles. The Morgan fingerprint density at radius 3 is 1.96 bits per heavy atom. The largest absolute Gasteiger partial charge is 0.343 e. The van der Waals surface area contributed by atoms with E-state index in [0.717, 1.165) is 25.9 Å². The SMILES string of the molecule is CCCN(CCC)C(=O)CNC(=O)c1ccc(C(C)(C)C)cc1. The molecule has 0 bridgehead atoms. The first-order chi connectivity index (χ1) is 10.8. The van der Waals surface area contributed by atoms with Crippen molar-refractivity contribution in [3.63, 3.8) is 0 Å². The Morgan fingerprint density at radius 1 is 1.00 bits per heavy atom. The second kappa shape index (κ2) is 8.70. The van der Waals surface area contributed by atoms with Crippen molar-refractivity contribution in [3.8, 4) is 0 Å². The molecule has 0 fully saturated rings. The lowest BCUT2D eigenvalue weighted by Crippen LogP contribution is -2.41. The molecule has 0 atom stereocenters. The minimum Gasteiger partial charge on any atom is -0.343 e. The zero-order valence-electron chi connectivity index (χ0n) is 15.1. The average Bonchev–Trinajstić information content (AvgIpc) is 2.51. The summed E-state index contributed by atoms with van der Waals surface area (Å²) < 4.78 is 0. The predicted molar refractivity (Wildman–Crippen MR) is 94.6 cm³/mol. The van der Waals surface area contributed by atoms with Crippen LogP contribution in [0.15, 0.2) is 24.3 Å². The van der Waals surface area contributed by atoms with Crippen LogP contribution in [0.1, 0.15) is 63.4 Å². The predicted octanol–water partition coefficient (Wildman–Crippen LogP) is 3.36. The molecule has 0 saturated heterocycles. The number of hydrogen-bond acceptors (Lipinski definition) is 2. The van der Waals surface area contributed by atoms with Gasteiger partial charge >= 0.3 is 0 Å². The van der Waals surface area contributed by atoms with Gasteiger partial charge in [0.1, 0.15) is 0 Å². The quantitative estimate of drug-likeness (QED) is 0.838. The van der Waals surface area contributed by atoms with Crippen LogP contribution >= 0.6 is 0 Å². The lowest BCUT2D eigenvalue weighted by atomic mass is 9.87. The van der Waals surface area contributed by atoms with E-state index < -0.39 is 0 Å². The molecule has 1 N–H and O–H groups in total. The lowest BCUT2D eigenvalue weighted by Gasteiger charge is -2.21. The third-order valence-corrected chi connectivity index (χ3v) is 3.75. The third-order valence-electron chi connectivity index (χ3n) is 3.75. The molecule has 4 heteroatoms. The number of nitrogens with one attached hydrogen (secondary N) is 1. The average molecular weight is 318 g/mol. The summed E-state index contributed by atoms with van der Waals surface area (Å²) in [6.07, 6.45) is 1.85. The van der Waals surface area contributed by atoms with E-state index in [-0.39, 0.29) is 23.8 Å². The van der Waals surface area contributed by atoms with Crippen LogP contribution in [0.2, 0.25) is 0 Å². The van der Waals surface area contributed by atoms with Crippen molar-refractivity contribution in [2.75, 3.05) is 19.6 Å². The first-order valence-electron chi connectivity index (χ1n) is 8.46. The molecule has 1 aromatic rings. The fourth-order valence-corrected chi connectivity index (χ4v) is 2.39. The van der Waals surface area contributed by atoms with Crippen LogP contribution in [0.5, 0.6) is 0 Å². The summed E-state index contributed by atoms with van der Waals surface area (Å²) in [5.41, 5.74) is 1.83. The van der Waals surface area contributed by atoms with Gasteiger partial charge in [-0.05, 0) is 36.0 Å². The first kappa shape index (κ1) is 19.2. The third kappa shape index (κ3) is 6.05. The van der Waals surface area contributed by atoms with Crippen LogP contribution in [-0.2, 0) is 10.2 Å². The first-order valence-corrected chi connectivity index (χ1v) is 8.46. The van der Waals surface area contributed by atoms with E-state index in [9.17, 15) is 9.59 Å². The zero-order valence-corrected chi connectivity index (χ0v) is 15.1. The minimum absolute atomic E-state index is 0.0200. The van der Waals surface area contributed by atoms with E-state index in [1.807, 2.05) is 43.0 Å². The van der Waals surface area contributed by atoms with Crippen LogP contribution in [-0.4, -0.2) is 36.3 Å². The van der Waals surface area contributed by atoms with Crippen molar-refractivity contribution in [1.29, 1.82) is 0 Å². The second-order valence-corrected chi connectivity index (χ2v) is 6.89. The molecule has 2 amide bonds. The fourth-order valence-electron chi connectivity index (χ4n) is 2.39. The van der Waals surface area contributed by atoms with Crippen LogP contribution in [0, 0.1) is 0 Å². The zero-order chi connectivity index (χ0) is 17.5. The summed E-state index contributed by atoms with van der Waals surface area (Å²) in [6, 6.07) is 7.57. The molecule has 128 valence electrons. The summed E-state index contributed by atoms with van der Waals surface area (Å²) in [7, 11) is 0. The maximum absolute atomic E-state index is 12.2. The van der Waals surface area contributed by atoms with Crippen LogP contribution in [0.4, 0.5) is 0 Å². The monoisotopic (exact) mass is 318 g/mol. The van der Waals surface area contributed by atoms with Gasteiger partial charge < -0.3 is 10.2 Å². The minimum atomic E-state index is -0.202. The van der Waals surface area contributed by atoms with E-state index in [1.165, 1.54) is 5.56 Å². The number of carbonyl (C=O) groups excluding carboxylic acids is 2. The molecule has 0 heterocycles. The number of hydrogen-bond donors (Lipinski definition) is 1. The molecular weight excluding hydrogens is 288 g/mol. The van der Waals surface area contributed by atoms with Crippen molar-refractivity contribution >= 4 is 11.8 Å². The van der Waals surface area contributed by atoms with Crippen molar-refractivity contribution in [2.45, 2.75) is 52.9 Å². The normalized spacial score (nSPS) is 11.2. The van der Waals surface area contributed by atoms with Gasteiger partial charge in [-0.2, -0.15) is 0 Å². The Balaban J connectivity index is 2.60. The van der Waals surface area contributed by atoms with Crippen LogP contribution in [0.25, 0.3) is 0 Å². The molecule has 0 aromatic heterocycles. The van der Waals surface area contributed by atoms with Gasteiger partial charge in [0.2, 0.25) is 5.91 Å². The second-order valence-electron chi connectivity index (χ2n) is 6.89. The highest BCUT2D eigenvalue weighted by atomic mass is 16.2. The Hall–Kier alpha value is -1.84. The summed E-state index contributed by atoms with van der Waals surface area (Å²) in [5.74, 6) is -0.222.